The quantitative estimate of drug-likeness (QED) is 0.576. The number of nitrogens with one attached hydrogen (secondary N) is 1. The molecule has 2 aromatic rings. The van der Waals surface area contributed by atoms with Gasteiger partial charge >= 0.3 is 0 Å². The molecule has 1 heterocycles. The molecule has 0 saturated carbocycles. The van der Waals surface area contributed by atoms with Gasteiger partial charge in [0.05, 0.1) is 7.11 Å². The van der Waals surface area contributed by atoms with Crippen molar-refractivity contribution in [3.8, 4) is 5.75 Å². The van der Waals surface area contributed by atoms with Gasteiger partial charge in [-0.05, 0) is 47.9 Å². The van der Waals surface area contributed by atoms with Crippen molar-refractivity contribution in [1.29, 1.82) is 0 Å². The first-order valence-corrected chi connectivity index (χ1v) is 8.77. The number of nitrogens with two attached hydrogens (primary N) is 1. The first-order chi connectivity index (χ1) is 11.2. The molecule has 1 unspecified atom stereocenters. The molecule has 0 amide bonds. The summed E-state index contributed by atoms with van der Waals surface area (Å²) in [5.74, 6) is 1.87. The van der Waals surface area contributed by atoms with Gasteiger partial charge in [-0.1, -0.05) is 25.1 Å². The smallest absolute Gasteiger partial charge is 0.188 e. The molecule has 0 bridgehead atoms. The van der Waals surface area contributed by atoms with Crippen LogP contribution in [0.3, 0.4) is 0 Å². The van der Waals surface area contributed by atoms with Gasteiger partial charge in [-0.25, -0.2) is 0 Å². The van der Waals surface area contributed by atoms with Crippen LogP contribution in [-0.2, 0) is 6.42 Å². The third kappa shape index (κ3) is 5.94. The zero-order valence-corrected chi connectivity index (χ0v) is 14.6. The average molecular weight is 331 g/mol. The van der Waals surface area contributed by atoms with E-state index in [0.717, 1.165) is 31.7 Å². The normalized spacial score (nSPS) is 12.9. The predicted molar refractivity (Wildman–Crippen MR) is 98.5 cm³/mol. The minimum Gasteiger partial charge on any atom is -0.497 e. The molecule has 0 radical (unpaired) electrons. The van der Waals surface area contributed by atoms with Crippen LogP contribution in [0.15, 0.2) is 46.8 Å². The van der Waals surface area contributed by atoms with E-state index < -0.39 is 0 Å². The summed E-state index contributed by atoms with van der Waals surface area (Å²) in [5.41, 5.74) is 7.20. The van der Waals surface area contributed by atoms with Crippen LogP contribution in [0.5, 0.6) is 5.75 Å². The molecule has 2 rings (SSSR count). The van der Waals surface area contributed by atoms with Gasteiger partial charge in [0.2, 0.25) is 0 Å². The van der Waals surface area contributed by atoms with E-state index in [9.17, 15) is 0 Å². The van der Waals surface area contributed by atoms with Crippen LogP contribution in [-0.4, -0.2) is 26.2 Å². The average Bonchev–Trinajstić information content (AvgIpc) is 3.08. The molecular weight excluding hydrogens is 306 g/mol. The highest BCUT2D eigenvalue weighted by molar-refractivity contribution is 7.09. The van der Waals surface area contributed by atoms with Gasteiger partial charge in [0.15, 0.2) is 5.96 Å². The van der Waals surface area contributed by atoms with E-state index in [1.807, 2.05) is 12.1 Å². The van der Waals surface area contributed by atoms with Crippen LogP contribution >= 0.6 is 11.3 Å². The van der Waals surface area contributed by atoms with Crippen molar-refractivity contribution in [1.82, 2.24) is 5.32 Å². The van der Waals surface area contributed by atoms with Crippen molar-refractivity contribution < 1.29 is 4.74 Å². The van der Waals surface area contributed by atoms with E-state index in [2.05, 4.69) is 46.9 Å². The molecule has 5 heteroatoms. The van der Waals surface area contributed by atoms with Crippen LogP contribution in [0.25, 0.3) is 0 Å². The molecule has 0 saturated heterocycles. The second-order valence-electron chi connectivity index (χ2n) is 5.49. The topological polar surface area (TPSA) is 59.6 Å². The van der Waals surface area contributed by atoms with Crippen molar-refractivity contribution >= 4 is 17.3 Å². The summed E-state index contributed by atoms with van der Waals surface area (Å²) in [6.45, 7) is 3.76. The molecular formula is C18H25N3OS. The van der Waals surface area contributed by atoms with Crippen molar-refractivity contribution in [2.24, 2.45) is 10.7 Å². The number of rotatable bonds is 8. The van der Waals surface area contributed by atoms with E-state index in [1.54, 1.807) is 18.4 Å². The molecule has 124 valence electrons. The number of aliphatic imine (C=N–C) groups is 1. The number of benzene rings is 1. The SMILES string of the molecule is COc1ccc(C(C)CCN=C(N)NCCc2cccs2)cc1. The molecule has 0 aliphatic carbocycles. The molecule has 23 heavy (non-hydrogen) atoms. The third-order valence-corrected chi connectivity index (χ3v) is 4.72. The third-order valence-electron chi connectivity index (χ3n) is 3.79. The Bertz CT molecular complexity index is 593. The molecule has 4 nitrogen and oxygen atoms in total. The van der Waals surface area contributed by atoms with Gasteiger partial charge in [0.25, 0.3) is 0 Å². The van der Waals surface area contributed by atoms with Gasteiger partial charge in [-0.2, -0.15) is 0 Å². The van der Waals surface area contributed by atoms with E-state index in [4.69, 9.17) is 10.5 Å². The molecule has 0 aliphatic heterocycles. The molecule has 1 aromatic carbocycles. The lowest BCUT2D eigenvalue weighted by atomic mass is 9.98. The lowest BCUT2D eigenvalue weighted by Gasteiger charge is -2.11. The highest BCUT2D eigenvalue weighted by Gasteiger charge is 2.05. The second-order valence-corrected chi connectivity index (χ2v) is 6.52. The Hall–Kier alpha value is -2.01. The largest absolute Gasteiger partial charge is 0.497 e. The van der Waals surface area contributed by atoms with E-state index in [1.165, 1.54) is 10.4 Å². The Kier molecular flexibility index (Phi) is 6.94. The summed E-state index contributed by atoms with van der Waals surface area (Å²) in [5, 5.41) is 5.26. The van der Waals surface area contributed by atoms with Gasteiger partial charge in [0, 0.05) is 18.0 Å². The Labute approximate surface area is 142 Å². The Morgan fingerprint density at radius 2 is 2.09 bits per heavy atom. The van der Waals surface area contributed by atoms with Crippen LogP contribution < -0.4 is 15.8 Å². The second kappa shape index (κ2) is 9.20. The Morgan fingerprint density at radius 3 is 2.74 bits per heavy atom. The van der Waals surface area contributed by atoms with E-state index in [0.29, 0.717) is 11.9 Å². The molecule has 1 aromatic heterocycles. The number of thiophene rings is 1. The van der Waals surface area contributed by atoms with Crippen molar-refractivity contribution in [3.05, 3.63) is 52.2 Å². The van der Waals surface area contributed by atoms with Crippen LogP contribution in [0.4, 0.5) is 0 Å². The predicted octanol–water partition coefficient (Wildman–Crippen LogP) is 3.40. The van der Waals surface area contributed by atoms with Crippen LogP contribution in [0.2, 0.25) is 0 Å². The highest BCUT2D eigenvalue weighted by atomic mass is 32.1. The monoisotopic (exact) mass is 331 g/mol. The Morgan fingerprint density at radius 1 is 1.30 bits per heavy atom. The maximum absolute atomic E-state index is 5.90. The number of methoxy groups -OCH3 is 1. The lowest BCUT2D eigenvalue weighted by molar-refractivity contribution is 0.414. The number of nitrogens with zero attached hydrogens (tertiary/aromatic N) is 1. The number of hydrogen-bond acceptors (Lipinski definition) is 3. The number of ether oxygens (including phenoxy) is 1. The van der Waals surface area contributed by atoms with Gasteiger partial charge in [-0.15, -0.1) is 11.3 Å². The van der Waals surface area contributed by atoms with E-state index in [-0.39, 0.29) is 0 Å². The zero-order valence-electron chi connectivity index (χ0n) is 13.8. The van der Waals surface area contributed by atoms with Gasteiger partial charge in [0.1, 0.15) is 5.75 Å². The summed E-state index contributed by atoms with van der Waals surface area (Å²) >= 11 is 1.77. The summed E-state index contributed by atoms with van der Waals surface area (Å²) in [4.78, 5) is 5.76. The van der Waals surface area contributed by atoms with Gasteiger partial charge in [-0.3, -0.25) is 4.99 Å². The molecule has 0 aliphatic rings. The number of guanidine groups is 1. The molecule has 3 N–H and O–H groups in total. The summed E-state index contributed by atoms with van der Waals surface area (Å²) in [6.07, 6.45) is 1.95. The minimum absolute atomic E-state index is 0.448. The van der Waals surface area contributed by atoms with Crippen LogP contribution in [0.1, 0.15) is 29.7 Å². The van der Waals surface area contributed by atoms with Crippen molar-refractivity contribution in [2.45, 2.75) is 25.7 Å². The Balaban J connectivity index is 1.69. The van der Waals surface area contributed by atoms with Gasteiger partial charge < -0.3 is 15.8 Å². The summed E-state index contributed by atoms with van der Waals surface area (Å²) in [7, 11) is 1.68. The van der Waals surface area contributed by atoms with Crippen LogP contribution in [0, 0.1) is 0 Å². The first-order valence-electron chi connectivity index (χ1n) is 7.89. The maximum atomic E-state index is 5.90. The first kappa shape index (κ1) is 17.3. The summed E-state index contributed by atoms with van der Waals surface area (Å²) in [6, 6.07) is 12.4. The molecule has 0 fully saturated rings. The fourth-order valence-electron chi connectivity index (χ4n) is 2.30. The highest BCUT2D eigenvalue weighted by Crippen LogP contribution is 2.21. The standard InChI is InChI=1S/C18H25N3OS/c1-14(15-5-7-16(22-2)8-6-15)9-11-20-18(19)21-12-10-17-4-3-13-23-17/h3-8,13-14H,9-12H2,1-2H3,(H3,19,20,21). The van der Waals surface area contributed by atoms with Crippen molar-refractivity contribution in [3.63, 3.8) is 0 Å². The van der Waals surface area contributed by atoms with Crippen molar-refractivity contribution in [2.75, 3.05) is 20.2 Å². The lowest BCUT2D eigenvalue weighted by Crippen LogP contribution is -2.33. The maximum Gasteiger partial charge on any atom is 0.188 e. The zero-order chi connectivity index (χ0) is 16.5. The molecule has 0 spiro atoms. The summed E-state index contributed by atoms with van der Waals surface area (Å²) < 4.78 is 5.18. The fourth-order valence-corrected chi connectivity index (χ4v) is 3.01. The fraction of sp³-hybridized carbons (Fsp3) is 0.389. The number of hydrogen-bond donors (Lipinski definition) is 2. The molecule has 1 atom stereocenters. The van der Waals surface area contributed by atoms with E-state index >= 15 is 0 Å². The minimum atomic E-state index is 0.448.